The van der Waals surface area contributed by atoms with Gasteiger partial charge in [0.15, 0.2) is 0 Å². The molecule has 21 heavy (non-hydrogen) atoms. The molecule has 0 aliphatic carbocycles. The lowest BCUT2D eigenvalue weighted by Crippen LogP contribution is -2.18. The zero-order chi connectivity index (χ0) is 15.3. The third-order valence-electron chi connectivity index (χ3n) is 2.78. The molecule has 1 aromatic rings. The molecule has 0 saturated heterocycles. The van der Waals surface area contributed by atoms with Crippen molar-refractivity contribution in [2.45, 2.75) is 39.6 Å². The number of benzene rings is 1. The molecule has 0 fully saturated rings. The van der Waals surface area contributed by atoms with Gasteiger partial charge in [-0.3, -0.25) is 0 Å². The highest BCUT2D eigenvalue weighted by molar-refractivity contribution is 5.13. The highest BCUT2D eigenvalue weighted by Gasteiger charge is 2.03. The van der Waals surface area contributed by atoms with Crippen LogP contribution in [-0.4, -0.2) is 45.2 Å². The Hall–Kier alpha value is -0.940. The predicted octanol–water partition coefficient (Wildman–Crippen LogP) is 3.05. The molecule has 0 aliphatic rings. The van der Waals surface area contributed by atoms with Gasteiger partial charge in [-0.25, -0.2) is 0 Å². The van der Waals surface area contributed by atoms with Crippen LogP contribution in [0.25, 0.3) is 0 Å². The molecule has 0 radical (unpaired) electrons. The SMILES string of the molecule is CC(C)OCCOCCOCC(C)OCc1ccccc1. The Labute approximate surface area is 128 Å². The second-order valence-corrected chi connectivity index (χ2v) is 5.21. The first-order valence-electron chi connectivity index (χ1n) is 7.61. The van der Waals surface area contributed by atoms with Crippen LogP contribution >= 0.6 is 0 Å². The summed E-state index contributed by atoms with van der Waals surface area (Å²) in [5.41, 5.74) is 1.18. The van der Waals surface area contributed by atoms with Crippen LogP contribution in [0.1, 0.15) is 26.3 Å². The van der Waals surface area contributed by atoms with E-state index in [2.05, 4.69) is 12.1 Å². The van der Waals surface area contributed by atoms with Gasteiger partial charge in [-0.05, 0) is 26.3 Å². The molecule has 1 aromatic carbocycles. The number of hydrogen-bond donors (Lipinski definition) is 0. The summed E-state index contributed by atoms with van der Waals surface area (Å²) in [7, 11) is 0. The van der Waals surface area contributed by atoms with Crippen LogP contribution < -0.4 is 0 Å². The molecule has 120 valence electrons. The summed E-state index contributed by atoms with van der Waals surface area (Å²) in [4.78, 5) is 0. The molecule has 1 atom stereocenters. The molecule has 0 aromatic heterocycles. The summed E-state index contributed by atoms with van der Waals surface area (Å²) in [6.07, 6.45) is 0.335. The van der Waals surface area contributed by atoms with E-state index < -0.39 is 0 Å². The molecule has 0 aliphatic heterocycles. The Kier molecular flexibility index (Phi) is 10.1. The van der Waals surface area contributed by atoms with Crippen molar-refractivity contribution < 1.29 is 18.9 Å². The molecule has 0 saturated carbocycles. The van der Waals surface area contributed by atoms with Crippen molar-refractivity contribution in [1.82, 2.24) is 0 Å². The average molecular weight is 296 g/mol. The molecular formula is C17H28O4. The Bertz CT molecular complexity index is 340. The van der Waals surface area contributed by atoms with E-state index in [4.69, 9.17) is 18.9 Å². The highest BCUT2D eigenvalue weighted by atomic mass is 16.6. The van der Waals surface area contributed by atoms with Gasteiger partial charge < -0.3 is 18.9 Å². The van der Waals surface area contributed by atoms with E-state index >= 15 is 0 Å². The van der Waals surface area contributed by atoms with Crippen LogP contribution in [0.15, 0.2) is 30.3 Å². The van der Waals surface area contributed by atoms with E-state index in [1.807, 2.05) is 39.0 Å². The van der Waals surface area contributed by atoms with E-state index in [1.54, 1.807) is 0 Å². The van der Waals surface area contributed by atoms with E-state index in [0.29, 0.717) is 39.6 Å². The summed E-state index contributed by atoms with van der Waals surface area (Å²) >= 11 is 0. The second-order valence-electron chi connectivity index (χ2n) is 5.21. The van der Waals surface area contributed by atoms with Gasteiger partial charge in [0, 0.05) is 0 Å². The summed E-state index contributed by atoms with van der Waals surface area (Å²) in [6.45, 7) is 9.66. The lowest BCUT2D eigenvalue weighted by atomic mass is 10.2. The van der Waals surface area contributed by atoms with Crippen molar-refractivity contribution in [3.63, 3.8) is 0 Å². The molecule has 0 bridgehead atoms. The minimum atomic E-state index is 0.0782. The largest absolute Gasteiger partial charge is 0.377 e. The fourth-order valence-electron chi connectivity index (χ4n) is 1.67. The molecule has 4 nitrogen and oxygen atoms in total. The third-order valence-corrected chi connectivity index (χ3v) is 2.78. The average Bonchev–Trinajstić information content (AvgIpc) is 2.48. The molecule has 0 N–H and O–H groups in total. The van der Waals surface area contributed by atoms with Gasteiger partial charge in [-0.2, -0.15) is 0 Å². The number of rotatable bonds is 12. The van der Waals surface area contributed by atoms with Crippen molar-refractivity contribution in [2.24, 2.45) is 0 Å². The van der Waals surface area contributed by atoms with Crippen LogP contribution in [0, 0.1) is 0 Å². The van der Waals surface area contributed by atoms with Gasteiger partial charge in [0.25, 0.3) is 0 Å². The summed E-state index contributed by atoms with van der Waals surface area (Å²) < 4.78 is 22.0. The van der Waals surface area contributed by atoms with E-state index in [-0.39, 0.29) is 12.2 Å². The Morgan fingerprint density at radius 3 is 2.19 bits per heavy atom. The second kappa shape index (κ2) is 11.7. The molecule has 4 heteroatoms. The summed E-state index contributed by atoms with van der Waals surface area (Å²) in [6, 6.07) is 10.1. The zero-order valence-corrected chi connectivity index (χ0v) is 13.4. The van der Waals surface area contributed by atoms with Gasteiger partial charge in [0.2, 0.25) is 0 Å². The van der Waals surface area contributed by atoms with Gasteiger partial charge in [-0.1, -0.05) is 30.3 Å². The smallest absolute Gasteiger partial charge is 0.0785 e. The van der Waals surface area contributed by atoms with E-state index in [1.165, 1.54) is 5.56 Å². The fourth-order valence-corrected chi connectivity index (χ4v) is 1.67. The van der Waals surface area contributed by atoms with Crippen LogP contribution in [0.5, 0.6) is 0 Å². The van der Waals surface area contributed by atoms with Crippen molar-refractivity contribution in [3.05, 3.63) is 35.9 Å². The topological polar surface area (TPSA) is 36.9 Å². The van der Waals surface area contributed by atoms with Gasteiger partial charge in [-0.15, -0.1) is 0 Å². The lowest BCUT2D eigenvalue weighted by Gasteiger charge is -2.14. The Morgan fingerprint density at radius 2 is 1.48 bits per heavy atom. The first-order valence-corrected chi connectivity index (χ1v) is 7.61. The molecule has 0 amide bonds. The normalized spacial score (nSPS) is 12.8. The van der Waals surface area contributed by atoms with Crippen LogP contribution in [-0.2, 0) is 25.6 Å². The lowest BCUT2D eigenvalue weighted by molar-refractivity contribution is -0.0376. The zero-order valence-electron chi connectivity index (χ0n) is 13.4. The molecule has 1 rings (SSSR count). The first kappa shape index (κ1) is 18.1. The molecule has 0 spiro atoms. The van der Waals surface area contributed by atoms with Crippen molar-refractivity contribution in [1.29, 1.82) is 0 Å². The van der Waals surface area contributed by atoms with Crippen molar-refractivity contribution >= 4 is 0 Å². The minimum absolute atomic E-state index is 0.0782. The summed E-state index contributed by atoms with van der Waals surface area (Å²) in [5.74, 6) is 0. The predicted molar refractivity (Wildman–Crippen MR) is 83.4 cm³/mol. The Morgan fingerprint density at radius 1 is 0.810 bits per heavy atom. The first-order chi connectivity index (χ1) is 10.2. The van der Waals surface area contributed by atoms with Crippen LogP contribution in [0.4, 0.5) is 0 Å². The van der Waals surface area contributed by atoms with Crippen LogP contribution in [0.3, 0.4) is 0 Å². The maximum atomic E-state index is 5.71. The number of ether oxygens (including phenoxy) is 4. The maximum Gasteiger partial charge on any atom is 0.0785 e. The quantitative estimate of drug-likeness (QED) is 0.556. The molecular weight excluding hydrogens is 268 g/mol. The standard InChI is InChI=1S/C17H28O4/c1-15(2)20-12-11-18-9-10-19-13-16(3)21-14-17-7-5-4-6-8-17/h4-8,15-16H,9-14H2,1-3H3. The van der Waals surface area contributed by atoms with Gasteiger partial charge >= 0.3 is 0 Å². The van der Waals surface area contributed by atoms with Gasteiger partial charge in [0.05, 0.1) is 51.8 Å². The number of hydrogen-bond acceptors (Lipinski definition) is 4. The fraction of sp³-hybridized carbons (Fsp3) is 0.647. The van der Waals surface area contributed by atoms with Crippen molar-refractivity contribution in [3.8, 4) is 0 Å². The van der Waals surface area contributed by atoms with E-state index in [9.17, 15) is 0 Å². The monoisotopic (exact) mass is 296 g/mol. The Balaban J connectivity index is 1.90. The maximum absolute atomic E-state index is 5.71. The third kappa shape index (κ3) is 10.4. The highest BCUT2D eigenvalue weighted by Crippen LogP contribution is 2.03. The molecule has 0 heterocycles. The van der Waals surface area contributed by atoms with Crippen molar-refractivity contribution in [2.75, 3.05) is 33.0 Å². The van der Waals surface area contributed by atoms with E-state index in [0.717, 1.165) is 0 Å². The molecule has 1 unspecified atom stereocenters. The van der Waals surface area contributed by atoms with Crippen LogP contribution in [0.2, 0.25) is 0 Å². The summed E-state index contributed by atoms with van der Waals surface area (Å²) in [5, 5.41) is 0. The minimum Gasteiger partial charge on any atom is -0.377 e. The van der Waals surface area contributed by atoms with Gasteiger partial charge in [0.1, 0.15) is 0 Å².